The molecule has 1 aliphatic rings. The summed E-state index contributed by atoms with van der Waals surface area (Å²) in [6.45, 7) is 1.29. The van der Waals surface area contributed by atoms with Crippen molar-refractivity contribution in [2.45, 2.75) is 18.9 Å². The van der Waals surface area contributed by atoms with Crippen molar-refractivity contribution in [3.63, 3.8) is 0 Å². The van der Waals surface area contributed by atoms with Gasteiger partial charge in [-0.05, 0) is 49.2 Å². The van der Waals surface area contributed by atoms with Gasteiger partial charge in [-0.2, -0.15) is 0 Å². The number of nitrogens with zero attached hydrogens (tertiary/aromatic N) is 1. The number of nitro groups is 1. The molecule has 0 unspecified atom stereocenters. The predicted molar refractivity (Wildman–Crippen MR) is 95.8 cm³/mol. The molecule has 0 saturated carbocycles. The number of benzene rings is 2. The van der Waals surface area contributed by atoms with E-state index in [9.17, 15) is 14.9 Å². The van der Waals surface area contributed by atoms with Crippen LogP contribution in [0.1, 0.15) is 23.2 Å². The molecule has 3 N–H and O–H groups in total. The van der Waals surface area contributed by atoms with E-state index >= 15 is 0 Å². The third-order valence-electron chi connectivity index (χ3n) is 4.07. The van der Waals surface area contributed by atoms with Gasteiger partial charge in [0.05, 0.1) is 11.0 Å². The lowest BCUT2D eigenvalue weighted by Gasteiger charge is -2.12. The molecular weight excluding hydrogens is 338 g/mol. The second kappa shape index (κ2) is 7.83. The highest BCUT2D eigenvalue weighted by Gasteiger charge is 2.17. The van der Waals surface area contributed by atoms with Crippen LogP contribution < -0.4 is 15.8 Å². The Morgan fingerprint density at radius 1 is 1.31 bits per heavy atom. The number of ether oxygens (including phenoxy) is 2. The highest BCUT2D eigenvalue weighted by molar-refractivity contribution is 5.94. The van der Waals surface area contributed by atoms with Crippen molar-refractivity contribution >= 4 is 23.0 Å². The molecule has 2 aromatic rings. The van der Waals surface area contributed by atoms with Crippen molar-refractivity contribution in [1.82, 2.24) is 0 Å². The minimum Gasteiger partial charge on any atom is -0.491 e. The number of carbonyl (C=O) groups is 1. The second-order valence-electron chi connectivity index (χ2n) is 5.95. The molecule has 1 aliphatic heterocycles. The Morgan fingerprint density at radius 2 is 2.08 bits per heavy atom. The Morgan fingerprint density at radius 3 is 2.69 bits per heavy atom. The number of anilines is 2. The first-order valence-electron chi connectivity index (χ1n) is 8.22. The fourth-order valence-corrected chi connectivity index (χ4v) is 2.70. The molecule has 2 aromatic carbocycles. The predicted octanol–water partition coefficient (Wildman–Crippen LogP) is 3.00. The number of carbonyl (C=O) groups excluding carboxylic acids is 1. The third kappa shape index (κ3) is 4.28. The summed E-state index contributed by atoms with van der Waals surface area (Å²) in [4.78, 5) is 21.9. The molecule has 0 radical (unpaired) electrons. The number of hydrogen-bond donors (Lipinski definition) is 2. The van der Waals surface area contributed by atoms with Gasteiger partial charge in [-0.25, -0.2) is 0 Å². The van der Waals surface area contributed by atoms with Crippen LogP contribution in [0, 0.1) is 10.1 Å². The molecule has 0 spiro atoms. The van der Waals surface area contributed by atoms with E-state index in [0.29, 0.717) is 18.0 Å². The summed E-state index contributed by atoms with van der Waals surface area (Å²) < 4.78 is 11.2. The maximum absolute atomic E-state index is 11.2. The van der Waals surface area contributed by atoms with Crippen molar-refractivity contribution in [3.05, 3.63) is 58.1 Å². The number of primary amides is 1. The van der Waals surface area contributed by atoms with Crippen LogP contribution in [0.15, 0.2) is 42.5 Å². The number of nitrogens with one attached hydrogen (secondary N) is 1. The van der Waals surface area contributed by atoms with Crippen LogP contribution in [0.5, 0.6) is 5.75 Å². The average Bonchev–Trinajstić information content (AvgIpc) is 3.14. The van der Waals surface area contributed by atoms with Gasteiger partial charge in [0.1, 0.15) is 18.0 Å². The van der Waals surface area contributed by atoms with Crippen LogP contribution in [-0.4, -0.2) is 30.1 Å². The van der Waals surface area contributed by atoms with E-state index in [2.05, 4.69) is 5.32 Å². The molecule has 1 saturated heterocycles. The maximum atomic E-state index is 11.2. The summed E-state index contributed by atoms with van der Waals surface area (Å²) in [6, 6.07) is 11.1. The fourth-order valence-electron chi connectivity index (χ4n) is 2.70. The topological polar surface area (TPSA) is 117 Å². The molecule has 0 aromatic heterocycles. The van der Waals surface area contributed by atoms with Crippen molar-refractivity contribution < 1.29 is 19.2 Å². The Labute approximate surface area is 150 Å². The molecule has 1 fully saturated rings. The minimum absolute atomic E-state index is 0.0835. The number of amides is 1. The van der Waals surface area contributed by atoms with Gasteiger partial charge in [-0.3, -0.25) is 14.9 Å². The lowest BCUT2D eigenvalue weighted by molar-refractivity contribution is -0.383. The van der Waals surface area contributed by atoms with Crippen molar-refractivity contribution in [1.29, 1.82) is 0 Å². The summed E-state index contributed by atoms with van der Waals surface area (Å²) in [5.74, 6) is -0.0166. The summed E-state index contributed by atoms with van der Waals surface area (Å²) in [5.41, 5.74) is 5.96. The first-order chi connectivity index (χ1) is 12.5. The van der Waals surface area contributed by atoms with E-state index in [0.717, 1.165) is 25.5 Å². The van der Waals surface area contributed by atoms with E-state index < -0.39 is 10.8 Å². The Bertz CT molecular complexity index is 801. The highest BCUT2D eigenvalue weighted by Crippen LogP contribution is 2.29. The smallest absolute Gasteiger partial charge is 0.293 e. The largest absolute Gasteiger partial charge is 0.491 e. The molecule has 1 heterocycles. The number of rotatable bonds is 7. The Kier molecular flexibility index (Phi) is 5.33. The van der Waals surface area contributed by atoms with Gasteiger partial charge >= 0.3 is 0 Å². The number of nitrogens with two attached hydrogens (primary N) is 1. The molecule has 3 rings (SSSR count). The van der Waals surface area contributed by atoms with Gasteiger partial charge in [0.2, 0.25) is 5.91 Å². The summed E-state index contributed by atoms with van der Waals surface area (Å²) in [6.07, 6.45) is 2.20. The molecule has 8 heteroatoms. The van der Waals surface area contributed by atoms with Gasteiger partial charge in [0, 0.05) is 23.9 Å². The minimum atomic E-state index is -0.715. The van der Waals surface area contributed by atoms with Crippen LogP contribution in [0.4, 0.5) is 17.1 Å². The molecule has 1 amide bonds. The Balaban J connectivity index is 1.68. The van der Waals surface area contributed by atoms with E-state index in [4.69, 9.17) is 15.2 Å². The van der Waals surface area contributed by atoms with Crippen LogP contribution >= 0.6 is 0 Å². The lowest BCUT2D eigenvalue weighted by atomic mass is 10.1. The summed E-state index contributed by atoms with van der Waals surface area (Å²) >= 11 is 0. The van der Waals surface area contributed by atoms with Gasteiger partial charge in [-0.15, -0.1) is 0 Å². The monoisotopic (exact) mass is 357 g/mol. The quantitative estimate of drug-likeness (QED) is 0.581. The third-order valence-corrected chi connectivity index (χ3v) is 4.07. The Hall–Kier alpha value is -3.13. The van der Waals surface area contributed by atoms with Crippen LogP contribution in [0.3, 0.4) is 0 Å². The van der Waals surface area contributed by atoms with Gasteiger partial charge in [0.25, 0.3) is 5.69 Å². The molecule has 1 atom stereocenters. The highest BCUT2D eigenvalue weighted by atomic mass is 16.6. The molecular formula is C18H19N3O5. The molecule has 136 valence electrons. The maximum Gasteiger partial charge on any atom is 0.293 e. The summed E-state index contributed by atoms with van der Waals surface area (Å²) in [7, 11) is 0. The van der Waals surface area contributed by atoms with Gasteiger partial charge in [0.15, 0.2) is 0 Å². The standard InChI is InChI=1S/C18H19N3O5/c19-18(22)12-3-8-16(17(10-12)21(23)24)20-13-4-6-14(7-5-13)26-11-15-2-1-9-25-15/h3-8,10,15,20H,1-2,9,11H2,(H2,19,22)/t15-/m1/s1. The zero-order valence-corrected chi connectivity index (χ0v) is 14.0. The molecule has 26 heavy (non-hydrogen) atoms. The summed E-state index contributed by atoms with van der Waals surface area (Å²) in [5, 5.41) is 14.2. The number of hydrogen-bond acceptors (Lipinski definition) is 6. The van der Waals surface area contributed by atoms with Crippen molar-refractivity contribution in [2.24, 2.45) is 5.73 Å². The average molecular weight is 357 g/mol. The van der Waals surface area contributed by atoms with Crippen LogP contribution in [-0.2, 0) is 4.74 Å². The zero-order valence-electron chi connectivity index (χ0n) is 14.0. The van der Waals surface area contributed by atoms with Crippen molar-refractivity contribution in [2.75, 3.05) is 18.5 Å². The zero-order chi connectivity index (χ0) is 18.5. The van der Waals surface area contributed by atoms with Gasteiger partial charge < -0.3 is 20.5 Å². The van der Waals surface area contributed by atoms with Crippen LogP contribution in [0.2, 0.25) is 0 Å². The second-order valence-corrected chi connectivity index (χ2v) is 5.95. The first-order valence-corrected chi connectivity index (χ1v) is 8.22. The fraction of sp³-hybridized carbons (Fsp3) is 0.278. The molecule has 8 nitrogen and oxygen atoms in total. The van der Waals surface area contributed by atoms with E-state index in [-0.39, 0.29) is 23.0 Å². The van der Waals surface area contributed by atoms with E-state index in [1.54, 1.807) is 24.3 Å². The van der Waals surface area contributed by atoms with E-state index in [1.165, 1.54) is 12.1 Å². The normalized spacial score (nSPS) is 16.2. The van der Waals surface area contributed by atoms with E-state index in [1.807, 2.05) is 0 Å². The lowest BCUT2D eigenvalue weighted by Crippen LogP contribution is -2.16. The molecule has 0 aliphatic carbocycles. The molecule has 0 bridgehead atoms. The van der Waals surface area contributed by atoms with Crippen molar-refractivity contribution in [3.8, 4) is 5.75 Å². The number of nitro benzene ring substituents is 1. The van der Waals surface area contributed by atoms with Crippen LogP contribution in [0.25, 0.3) is 0 Å². The first kappa shape index (κ1) is 17.7. The SMILES string of the molecule is NC(=O)c1ccc(Nc2ccc(OC[C@H]3CCCO3)cc2)c([N+](=O)[O-])c1. The van der Waals surface area contributed by atoms with Gasteiger partial charge in [-0.1, -0.05) is 0 Å².